The van der Waals surface area contributed by atoms with E-state index in [4.69, 9.17) is 0 Å². The van der Waals surface area contributed by atoms with Crippen molar-refractivity contribution >= 4 is 17.1 Å². The number of allylic oxidation sites excluding steroid dienone is 3. The molecule has 0 bridgehead atoms. The van der Waals surface area contributed by atoms with Gasteiger partial charge in [-0.2, -0.15) is 0 Å². The van der Waals surface area contributed by atoms with Crippen LogP contribution in [0.15, 0.2) is 84.6 Å². The first-order valence-corrected chi connectivity index (χ1v) is 14.0. The van der Waals surface area contributed by atoms with Gasteiger partial charge in [0.1, 0.15) is 0 Å². The summed E-state index contributed by atoms with van der Waals surface area (Å²) in [7, 11) is 0. The molecule has 0 unspecified atom stereocenters. The van der Waals surface area contributed by atoms with Crippen LogP contribution in [0.1, 0.15) is 98.2 Å². The summed E-state index contributed by atoms with van der Waals surface area (Å²) in [5.41, 5.74) is 14.0. The zero-order valence-electron chi connectivity index (χ0n) is 24.1. The number of hydrogen-bond donors (Lipinski definition) is 0. The van der Waals surface area contributed by atoms with Crippen molar-refractivity contribution in [3.63, 3.8) is 0 Å². The minimum Gasteiger partial charge on any atom is -0.307 e. The van der Waals surface area contributed by atoms with Crippen molar-refractivity contribution in [2.24, 2.45) is 0 Å². The maximum Gasteiger partial charge on any atom is 0.218 e. The molecule has 5 rings (SSSR count). The Hall–Kier alpha value is -3.52. The summed E-state index contributed by atoms with van der Waals surface area (Å²) in [6.07, 6.45) is 6.72. The lowest BCUT2D eigenvalue weighted by Gasteiger charge is -2.31. The molecule has 2 heterocycles. The lowest BCUT2D eigenvalue weighted by molar-refractivity contribution is 0.620. The van der Waals surface area contributed by atoms with Crippen molar-refractivity contribution in [2.75, 3.05) is 4.90 Å². The number of anilines is 1. The third-order valence-electron chi connectivity index (χ3n) is 7.76. The van der Waals surface area contributed by atoms with Gasteiger partial charge in [-0.05, 0) is 71.6 Å². The molecule has 2 nitrogen and oxygen atoms in total. The monoisotopic (exact) mass is 500 g/mol. The fourth-order valence-corrected chi connectivity index (χ4v) is 5.71. The summed E-state index contributed by atoms with van der Waals surface area (Å²) in [5.74, 6) is 1.31. The molecule has 2 radical (unpaired) electrons. The first-order chi connectivity index (χ1) is 18.2. The molecular weight excluding hydrogens is 460 g/mol. The van der Waals surface area contributed by atoms with Gasteiger partial charge in [0.25, 0.3) is 0 Å². The minimum atomic E-state index is 0.409. The molecule has 0 saturated carbocycles. The number of para-hydroxylation sites is 1. The molecule has 3 aromatic rings. The molecule has 0 N–H and O–H groups in total. The number of rotatable bonds is 6. The van der Waals surface area contributed by atoms with Gasteiger partial charge < -0.3 is 9.80 Å². The summed E-state index contributed by atoms with van der Waals surface area (Å²) in [6, 6.07) is 22.1. The number of benzene rings is 3. The van der Waals surface area contributed by atoms with Crippen molar-refractivity contribution in [2.45, 2.75) is 73.1 Å². The lowest BCUT2D eigenvalue weighted by atomic mass is 9.82. The largest absolute Gasteiger partial charge is 0.307 e. The van der Waals surface area contributed by atoms with Gasteiger partial charge >= 0.3 is 0 Å². The zero-order chi connectivity index (χ0) is 27.1. The number of aryl methyl sites for hydroxylation is 2. The smallest absolute Gasteiger partial charge is 0.218 e. The average Bonchev–Trinajstić information content (AvgIpc) is 3.27. The Morgan fingerprint density at radius 2 is 1.29 bits per heavy atom. The fourth-order valence-electron chi connectivity index (χ4n) is 5.71. The van der Waals surface area contributed by atoms with Crippen LogP contribution < -0.4 is 4.90 Å². The van der Waals surface area contributed by atoms with Crippen LogP contribution in [0.25, 0.3) is 11.4 Å². The quantitative estimate of drug-likeness (QED) is 0.332. The highest BCUT2D eigenvalue weighted by Crippen LogP contribution is 2.48. The van der Waals surface area contributed by atoms with Crippen molar-refractivity contribution in [1.82, 2.24) is 4.90 Å². The van der Waals surface area contributed by atoms with Crippen molar-refractivity contribution in [1.29, 1.82) is 0 Å². The third-order valence-corrected chi connectivity index (χ3v) is 7.76. The Balaban J connectivity index is 1.75. The van der Waals surface area contributed by atoms with Crippen molar-refractivity contribution in [3.8, 4) is 0 Å². The first kappa shape index (κ1) is 26.1. The highest BCUT2D eigenvalue weighted by Gasteiger charge is 2.37. The highest BCUT2D eigenvalue weighted by atomic mass is 15.4. The average molecular weight is 501 g/mol. The molecule has 2 aliphatic rings. The summed E-state index contributed by atoms with van der Waals surface area (Å²) < 4.78 is 0. The van der Waals surface area contributed by atoms with E-state index in [1.165, 1.54) is 56.0 Å². The second-order valence-electron chi connectivity index (χ2n) is 11.6. The highest BCUT2D eigenvalue weighted by molar-refractivity contribution is 5.92. The van der Waals surface area contributed by atoms with E-state index in [2.05, 4.69) is 151 Å². The standard InChI is InChI=1S/C36H40N2/c1-23(2)29-20-30(24(3)4)34(31(21-29)25(5)6)32-18-13-19-33-36(28-16-10-9-11-17-28)38(22-37(32)33)35-26(7)14-12-15-27(35)8/h9-21,23-25H,1-8H3. The first-order valence-electron chi connectivity index (χ1n) is 14.0. The molecule has 2 heteroatoms. The number of hydrogen-bond acceptors (Lipinski definition) is 2. The van der Waals surface area contributed by atoms with E-state index in [0.717, 1.165) is 5.70 Å². The van der Waals surface area contributed by atoms with Gasteiger partial charge in [-0.15, -0.1) is 0 Å². The van der Waals surface area contributed by atoms with E-state index in [9.17, 15) is 0 Å². The molecular formula is C36H40N2. The Morgan fingerprint density at radius 1 is 0.684 bits per heavy atom. The second kappa shape index (κ2) is 10.3. The van der Waals surface area contributed by atoms with Gasteiger partial charge in [-0.25, -0.2) is 0 Å². The van der Waals surface area contributed by atoms with Crippen LogP contribution in [-0.4, -0.2) is 4.90 Å². The van der Waals surface area contributed by atoms with E-state index in [0.29, 0.717) is 17.8 Å². The van der Waals surface area contributed by atoms with Crippen molar-refractivity contribution in [3.05, 3.63) is 130 Å². The Bertz CT molecular complexity index is 1380. The van der Waals surface area contributed by atoms with Gasteiger partial charge in [0.2, 0.25) is 6.67 Å². The van der Waals surface area contributed by atoms with Gasteiger partial charge in [-0.3, -0.25) is 0 Å². The predicted molar refractivity (Wildman–Crippen MR) is 163 cm³/mol. The van der Waals surface area contributed by atoms with E-state index >= 15 is 0 Å². The lowest BCUT2D eigenvalue weighted by Crippen LogP contribution is -2.24. The number of fused-ring (bicyclic) bond motifs is 1. The molecule has 38 heavy (non-hydrogen) atoms. The maximum absolute atomic E-state index is 3.83. The molecule has 0 spiro atoms. The Labute approximate surface area is 230 Å². The van der Waals surface area contributed by atoms with E-state index < -0.39 is 0 Å². The van der Waals surface area contributed by atoms with Crippen molar-refractivity contribution < 1.29 is 0 Å². The normalized spacial score (nSPS) is 15.3. The van der Waals surface area contributed by atoms with Gasteiger partial charge in [-0.1, -0.05) is 108 Å². The fraction of sp³-hybridized carbons (Fsp3) is 0.306. The van der Waals surface area contributed by atoms with E-state index in [-0.39, 0.29) is 0 Å². The van der Waals surface area contributed by atoms with Crippen LogP contribution in [0.2, 0.25) is 0 Å². The third kappa shape index (κ3) is 4.51. The molecule has 0 aromatic heterocycles. The molecule has 0 fully saturated rings. The maximum atomic E-state index is 3.83. The molecule has 0 atom stereocenters. The molecule has 0 saturated heterocycles. The van der Waals surface area contributed by atoms with Crippen LogP contribution in [0.4, 0.5) is 5.69 Å². The molecule has 3 aromatic carbocycles. The minimum absolute atomic E-state index is 0.409. The second-order valence-corrected chi connectivity index (χ2v) is 11.6. The van der Waals surface area contributed by atoms with Crippen LogP contribution in [0, 0.1) is 20.5 Å². The van der Waals surface area contributed by atoms with E-state index in [1.54, 1.807) is 0 Å². The Kier molecular flexibility index (Phi) is 7.09. The summed E-state index contributed by atoms with van der Waals surface area (Å²) in [4.78, 5) is 4.59. The van der Waals surface area contributed by atoms with Gasteiger partial charge in [0.05, 0.1) is 17.1 Å². The van der Waals surface area contributed by atoms with Crippen LogP contribution in [0.3, 0.4) is 0 Å². The molecule has 0 aliphatic carbocycles. The Morgan fingerprint density at radius 3 is 1.84 bits per heavy atom. The number of nitrogens with zero attached hydrogens (tertiary/aromatic N) is 2. The molecule has 194 valence electrons. The topological polar surface area (TPSA) is 6.48 Å². The predicted octanol–water partition coefficient (Wildman–Crippen LogP) is 9.77. The SMILES string of the molecule is Cc1cccc(C)c1N1[C]N2C(c3c(C(C)C)cc(C(C)C)cc3C(C)C)=CC=CC2=C1c1ccccc1. The summed E-state index contributed by atoms with van der Waals surface area (Å²) >= 11 is 0. The zero-order valence-corrected chi connectivity index (χ0v) is 24.1. The van der Waals surface area contributed by atoms with Gasteiger partial charge in [0, 0.05) is 16.8 Å². The molecule has 0 amide bonds. The van der Waals surface area contributed by atoms with Gasteiger partial charge in [0.15, 0.2) is 0 Å². The van der Waals surface area contributed by atoms with Crippen LogP contribution in [-0.2, 0) is 0 Å². The van der Waals surface area contributed by atoms with E-state index in [1.807, 2.05) is 0 Å². The van der Waals surface area contributed by atoms with Crippen LogP contribution in [0.5, 0.6) is 0 Å². The summed E-state index contributed by atoms with van der Waals surface area (Å²) in [6.45, 7) is 22.1. The molecule has 2 aliphatic heterocycles. The summed E-state index contributed by atoms with van der Waals surface area (Å²) in [5, 5.41) is 0. The van der Waals surface area contributed by atoms with Crippen LogP contribution >= 0.6 is 0 Å².